The number of hydrogen-bond acceptors (Lipinski definition) is 3. The number of rotatable bonds is 3. The zero-order valence-corrected chi connectivity index (χ0v) is 16.1. The van der Waals surface area contributed by atoms with Crippen LogP contribution in [0.4, 0.5) is 20.2 Å². The second-order valence-electron chi connectivity index (χ2n) is 7.35. The molecule has 0 saturated carbocycles. The summed E-state index contributed by atoms with van der Waals surface area (Å²) in [5.41, 5.74) is 0.987. The molecule has 1 atom stereocenters. The fourth-order valence-electron chi connectivity index (χ4n) is 2.66. The molecule has 1 aliphatic heterocycles. The third-order valence-electron chi connectivity index (χ3n) is 4.17. The summed E-state index contributed by atoms with van der Waals surface area (Å²) in [5.74, 6) is -1.59. The van der Waals surface area contributed by atoms with Crippen molar-refractivity contribution in [3.63, 3.8) is 0 Å². The summed E-state index contributed by atoms with van der Waals surface area (Å²) < 4.78 is 27.4. The number of carbonyl (C=O) groups is 2. The summed E-state index contributed by atoms with van der Waals surface area (Å²) >= 11 is 1.37. The quantitative estimate of drug-likeness (QED) is 0.824. The molecule has 2 aromatic carbocycles. The Morgan fingerprint density at radius 2 is 1.81 bits per heavy atom. The van der Waals surface area contributed by atoms with E-state index in [1.54, 1.807) is 24.3 Å². The average Bonchev–Trinajstić information content (AvgIpc) is 2.96. The van der Waals surface area contributed by atoms with Crippen molar-refractivity contribution in [2.24, 2.45) is 5.41 Å². The zero-order valence-electron chi connectivity index (χ0n) is 15.3. The summed E-state index contributed by atoms with van der Waals surface area (Å²) in [6.07, 6.45) is 0. The van der Waals surface area contributed by atoms with E-state index in [0.29, 0.717) is 5.69 Å². The number of nitrogens with zero attached hydrogens (tertiary/aromatic N) is 1. The Kier molecular flexibility index (Phi) is 5.24. The smallest absolute Gasteiger partial charge is 0.238 e. The fourth-order valence-corrected chi connectivity index (χ4v) is 3.83. The largest absolute Gasteiger partial charge is 0.326 e. The molecule has 0 aromatic heterocycles. The van der Waals surface area contributed by atoms with Crippen LogP contribution in [0.1, 0.15) is 31.7 Å². The minimum atomic E-state index is -0.773. The number of carbonyl (C=O) groups excluding carboxylic acids is 2. The molecule has 1 unspecified atom stereocenters. The lowest BCUT2D eigenvalue weighted by atomic mass is 9.95. The van der Waals surface area contributed by atoms with Crippen molar-refractivity contribution in [3.05, 3.63) is 59.7 Å². The predicted octanol–water partition coefficient (Wildman–Crippen LogP) is 4.73. The minimum Gasteiger partial charge on any atom is -0.326 e. The van der Waals surface area contributed by atoms with E-state index in [1.165, 1.54) is 22.7 Å². The van der Waals surface area contributed by atoms with Crippen molar-refractivity contribution in [1.29, 1.82) is 0 Å². The second-order valence-corrected chi connectivity index (χ2v) is 8.42. The Morgan fingerprint density at radius 3 is 2.41 bits per heavy atom. The normalized spacial score (nSPS) is 17.3. The summed E-state index contributed by atoms with van der Waals surface area (Å²) in [7, 11) is 0. The maximum Gasteiger partial charge on any atom is 0.238 e. The molecule has 1 N–H and O–H groups in total. The van der Waals surface area contributed by atoms with Gasteiger partial charge in [-0.2, -0.15) is 0 Å². The van der Waals surface area contributed by atoms with Gasteiger partial charge in [0.1, 0.15) is 17.0 Å². The van der Waals surface area contributed by atoms with Crippen LogP contribution in [-0.4, -0.2) is 17.6 Å². The highest BCUT2D eigenvalue weighted by atomic mass is 32.2. The molecule has 0 spiro atoms. The Bertz CT molecular complexity index is 879. The number of thioether (sulfide) groups is 1. The van der Waals surface area contributed by atoms with Crippen molar-refractivity contribution in [1.82, 2.24) is 0 Å². The number of amides is 2. The van der Waals surface area contributed by atoms with Gasteiger partial charge >= 0.3 is 0 Å². The van der Waals surface area contributed by atoms with Crippen LogP contribution >= 0.6 is 11.8 Å². The second kappa shape index (κ2) is 7.31. The van der Waals surface area contributed by atoms with Gasteiger partial charge in [0, 0.05) is 17.2 Å². The third kappa shape index (κ3) is 4.13. The molecule has 1 heterocycles. The maximum absolute atomic E-state index is 14.2. The van der Waals surface area contributed by atoms with Crippen LogP contribution in [0.5, 0.6) is 0 Å². The van der Waals surface area contributed by atoms with Gasteiger partial charge in [-0.1, -0.05) is 32.9 Å². The molecule has 27 heavy (non-hydrogen) atoms. The molecule has 1 fully saturated rings. The number of halogens is 2. The molecule has 4 nitrogen and oxygen atoms in total. The van der Waals surface area contributed by atoms with Crippen LogP contribution < -0.4 is 10.2 Å². The summed E-state index contributed by atoms with van der Waals surface area (Å²) in [5, 5.41) is 2.43. The molecule has 142 valence electrons. The number of nitrogens with one attached hydrogen (secondary N) is 1. The SMILES string of the molecule is CC(C)(C)C(=O)Nc1ccc(C2SCC(=O)N2c2ccc(F)cc2F)cc1. The van der Waals surface area contributed by atoms with Crippen LogP contribution in [0.3, 0.4) is 0 Å². The monoisotopic (exact) mass is 390 g/mol. The molecule has 7 heteroatoms. The van der Waals surface area contributed by atoms with E-state index in [-0.39, 0.29) is 23.3 Å². The van der Waals surface area contributed by atoms with Crippen molar-refractivity contribution in [2.75, 3.05) is 16.0 Å². The zero-order chi connectivity index (χ0) is 19.8. The van der Waals surface area contributed by atoms with Gasteiger partial charge in [0.25, 0.3) is 0 Å². The van der Waals surface area contributed by atoms with E-state index in [9.17, 15) is 18.4 Å². The number of benzene rings is 2. The Balaban J connectivity index is 1.84. The predicted molar refractivity (Wildman–Crippen MR) is 104 cm³/mol. The average molecular weight is 390 g/mol. The molecular formula is C20H20F2N2O2S. The number of hydrogen-bond donors (Lipinski definition) is 1. The number of anilines is 2. The first-order chi connectivity index (χ1) is 12.7. The van der Waals surface area contributed by atoms with Gasteiger partial charge in [-0.15, -0.1) is 11.8 Å². The Hall–Kier alpha value is -2.41. The van der Waals surface area contributed by atoms with E-state index in [2.05, 4.69) is 5.32 Å². The molecule has 0 aliphatic carbocycles. The molecule has 2 amide bonds. The van der Waals surface area contributed by atoms with E-state index in [0.717, 1.165) is 17.7 Å². The first kappa shape index (κ1) is 19.4. The minimum absolute atomic E-state index is 0.0570. The highest BCUT2D eigenvalue weighted by Gasteiger charge is 2.35. The van der Waals surface area contributed by atoms with Crippen molar-refractivity contribution >= 4 is 35.0 Å². The van der Waals surface area contributed by atoms with Crippen molar-refractivity contribution in [3.8, 4) is 0 Å². The Morgan fingerprint density at radius 1 is 1.15 bits per heavy atom. The molecule has 0 radical (unpaired) electrons. The summed E-state index contributed by atoms with van der Waals surface area (Å²) in [6.45, 7) is 5.48. The van der Waals surface area contributed by atoms with E-state index >= 15 is 0 Å². The molecule has 1 saturated heterocycles. The van der Waals surface area contributed by atoms with Crippen molar-refractivity contribution in [2.45, 2.75) is 26.1 Å². The van der Waals surface area contributed by atoms with E-state index in [1.807, 2.05) is 20.8 Å². The lowest BCUT2D eigenvalue weighted by Gasteiger charge is -2.25. The van der Waals surface area contributed by atoms with Crippen LogP contribution in [0.15, 0.2) is 42.5 Å². The van der Waals surface area contributed by atoms with Gasteiger partial charge in [-0.3, -0.25) is 14.5 Å². The molecule has 0 bridgehead atoms. The fraction of sp³-hybridized carbons (Fsp3) is 0.300. The highest BCUT2D eigenvalue weighted by Crippen LogP contribution is 2.42. The first-order valence-electron chi connectivity index (χ1n) is 8.47. The van der Waals surface area contributed by atoms with E-state index < -0.39 is 22.4 Å². The van der Waals surface area contributed by atoms with Gasteiger partial charge < -0.3 is 5.32 Å². The van der Waals surface area contributed by atoms with Crippen LogP contribution in [0.25, 0.3) is 0 Å². The maximum atomic E-state index is 14.2. The molecular weight excluding hydrogens is 370 g/mol. The van der Waals surface area contributed by atoms with Gasteiger partial charge in [0.15, 0.2) is 0 Å². The summed E-state index contributed by atoms with van der Waals surface area (Å²) in [6, 6.07) is 10.3. The third-order valence-corrected chi connectivity index (χ3v) is 5.38. The van der Waals surface area contributed by atoms with Gasteiger partial charge in [0.2, 0.25) is 11.8 Å². The molecule has 1 aliphatic rings. The van der Waals surface area contributed by atoms with Crippen LogP contribution in [-0.2, 0) is 9.59 Å². The summed E-state index contributed by atoms with van der Waals surface area (Å²) in [4.78, 5) is 25.7. The van der Waals surface area contributed by atoms with Gasteiger partial charge in [0.05, 0.1) is 11.4 Å². The van der Waals surface area contributed by atoms with Crippen molar-refractivity contribution < 1.29 is 18.4 Å². The topological polar surface area (TPSA) is 49.4 Å². The lowest BCUT2D eigenvalue weighted by Crippen LogP contribution is -2.29. The first-order valence-corrected chi connectivity index (χ1v) is 9.52. The Labute approximate surface area is 160 Å². The standard InChI is InChI=1S/C20H20F2N2O2S/c1-20(2,3)19(26)23-14-7-4-12(5-8-14)18-24(17(25)11-27-18)16-9-6-13(21)10-15(16)22/h4-10,18H,11H2,1-3H3,(H,23,26). The lowest BCUT2D eigenvalue weighted by molar-refractivity contribution is -0.123. The van der Waals surface area contributed by atoms with E-state index in [4.69, 9.17) is 0 Å². The molecule has 2 aromatic rings. The molecule has 3 rings (SSSR count). The van der Waals surface area contributed by atoms with Crippen LogP contribution in [0, 0.1) is 17.0 Å². The van der Waals surface area contributed by atoms with Gasteiger partial charge in [-0.25, -0.2) is 8.78 Å². The highest BCUT2D eigenvalue weighted by molar-refractivity contribution is 8.00. The van der Waals surface area contributed by atoms with Crippen LogP contribution in [0.2, 0.25) is 0 Å². The van der Waals surface area contributed by atoms with Gasteiger partial charge in [-0.05, 0) is 29.8 Å².